The number of nitrogens with one attached hydrogen (secondary N) is 4. The number of benzene rings is 3. The molecule has 6 N–H and O–H groups in total. The number of guanidine groups is 1. The molecule has 3 aromatic rings. The lowest BCUT2D eigenvalue weighted by Gasteiger charge is -2.27. The molecule has 0 spiro atoms. The van der Waals surface area contributed by atoms with Crippen molar-refractivity contribution in [3.8, 4) is 5.75 Å². The predicted molar refractivity (Wildman–Crippen MR) is 158 cm³/mol. The van der Waals surface area contributed by atoms with Crippen LogP contribution in [0.25, 0.3) is 0 Å². The fraction of sp³-hybridized carbons (Fsp3) is 0.300. The van der Waals surface area contributed by atoms with Crippen molar-refractivity contribution in [1.29, 1.82) is 0 Å². The number of para-hydroxylation sites is 1. The largest absolute Gasteiger partial charge is 0.508 e. The molecule has 3 amide bonds. The summed E-state index contributed by atoms with van der Waals surface area (Å²) in [6.45, 7) is 4.11. The van der Waals surface area contributed by atoms with E-state index in [1.807, 2.05) is 62.4 Å². The van der Waals surface area contributed by atoms with E-state index in [0.29, 0.717) is 36.7 Å². The second-order valence-electron chi connectivity index (χ2n) is 9.87. The number of urea groups is 1. The molecule has 10 nitrogen and oxygen atoms in total. The molecule has 210 valence electrons. The fourth-order valence-electron chi connectivity index (χ4n) is 4.50. The van der Waals surface area contributed by atoms with Gasteiger partial charge in [-0.3, -0.25) is 9.79 Å². The van der Waals surface area contributed by atoms with Crippen molar-refractivity contribution in [2.45, 2.75) is 45.3 Å². The Morgan fingerprint density at radius 2 is 1.80 bits per heavy atom. The summed E-state index contributed by atoms with van der Waals surface area (Å²) >= 11 is 0. The van der Waals surface area contributed by atoms with Gasteiger partial charge in [-0.1, -0.05) is 30.3 Å². The number of carbonyl (C=O) groups is 2. The molecule has 0 bridgehead atoms. The minimum atomic E-state index is -0.590. The van der Waals surface area contributed by atoms with Gasteiger partial charge in [-0.2, -0.15) is 0 Å². The highest BCUT2D eigenvalue weighted by Crippen LogP contribution is 2.29. The van der Waals surface area contributed by atoms with Crippen molar-refractivity contribution in [1.82, 2.24) is 10.6 Å². The summed E-state index contributed by atoms with van der Waals surface area (Å²) in [6, 6.07) is 20.9. The molecular formula is C30H36N6O4. The first-order valence-electron chi connectivity index (χ1n) is 13.4. The smallest absolute Gasteiger partial charge is 0.319 e. The van der Waals surface area contributed by atoms with Crippen LogP contribution in [-0.2, 0) is 17.8 Å². The number of aliphatic hydroxyl groups is 1. The molecule has 10 heteroatoms. The third-order valence-corrected chi connectivity index (χ3v) is 6.31. The Kier molecular flexibility index (Phi) is 9.58. The number of aryl methyl sites for hydroxylation is 1. The number of rotatable bonds is 8. The first-order chi connectivity index (χ1) is 19.3. The van der Waals surface area contributed by atoms with Gasteiger partial charge in [0.2, 0.25) is 5.91 Å². The lowest BCUT2D eigenvalue weighted by atomic mass is 10.1. The molecule has 0 aliphatic carbocycles. The van der Waals surface area contributed by atoms with Gasteiger partial charge in [0, 0.05) is 23.1 Å². The summed E-state index contributed by atoms with van der Waals surface area (Å²) in [4.78, 5) is 32.4. The maximum Gasteiger partial charge on any atom is 0.319 e. The van der Waals surface area contributed by atoms with Crippen LogP contribution in [0.2, 0.25) is 0 Å². The molecule has 1 atom stereocenters. The number of hydrogen-bond acceptors (Lipinski definition) is 5. The topological polar surface area (TPSA) is 138 Å². The number of aliphatic imine (C=N–C) groups is 1. The molecule has 0 saturated heterocycles. The van der Waals surface area contributed by atoms with Crippen LogP contribution < -0.4 is 26.2 Å². The molecular weight excluding hydrogens is 508 g/mol. The van der Waals surface area contributed by atoms with E-state index in [0.717, 1.165) is 16.8 Å². The Balaban J connectivity index is 1.57. The molecule has 40 heavy (non-hydrogen) atoms. The number of anilines is 3. The number of hydrogen-bond donors (Lipinski definition) is 6. The molecule has 0 saturated carbocycles. The van der Waals surface area contributed by atoms with Crippen molar-refractivity contribution in [2.24, 2.45) is 4.99 Å². The molecule has 0 fully saturated rings. The average molecular weight is 545 g/mol. The molecule has 3 aromatic carbocycles. The van der Waals surface area contributed by atoms with Crippen LogP contribution >= 0.6 is 0 Å². The molecule has 1 unspecified atom stereocenters. The number of phenols is 1. The van der Waals surface area contributed by atoms with E-state index in [4.69, 9.17) is 0 Å². The predicted octanol–water partition coefficient (Wildman–Crippen LogP) is 3.82. The van der Waals surface area contributed by atoms with Gasteiger partial charge in [-0.15, -0.1) is 0 Å². The minimum absolute atomic E-state index is 0.00757. The van der Waals surface area contributed by atoms with E-state index >= 15 is 0 Å². The lowest BCUT2D eigenvalue weighted by molar-refractivity contribution is -0.120. The highest BCUT2D eigenvalue weighted by Gasteiger charge is 2.31. The number of fused-ring (bicyclic) bond motifs is 1. The van der Waals surface area contributed by atoms with Crippen molar-refractivity contribution in [2.75, 3.05) is 28.7 Å². The van der Waals surface area contributed by atoms with Crippen molar-refractivity contribution < 1.29 is 19.8 Å². The maximum atomic E-state index is 14.0. The SMILES string of the molecule is CC(C)NC(=O)Nc1cccc(CN2C(=O)C(NC(=NCCO)Nc3ccc(O)cc3)CCc3ccccc32)c1. The maximum absolute atomic E-state index is 14.0. The Morgan fingerprint density at radius 1 is 1.02 bits per heavy atom. The Morgan fingerprint density at radius 3 is 2.55 bits per heavy atom. The number of amides is 3. The third-order valence-electron chi connectivity index (χ3n) is 6.31. The van der Waals surface area contributed by atoms with Crippen LogP contribution in [0.4, 0.5) is 21.9 Å². The summed E-state index contributed by atoms with van der Waals surface area (Å²) in [6.07, 6.45) is 1.22. The molecule has 1 aliphatic heterocycles. The zero-order valence-electron chi connectivity index (χ0n) is 22.7. The van der Waals surface area contributed by atoms with E-state index in [-0.39, 0.29) is 36.9 Å². The van der Waals surface area contributed by atoms with Gasteiger partial charge in [0.1, 0.15) is 11.8 Å². The highest BCUT2D eigenvalue weighted by atomic mass is 16.3. The average Bonchev–Trinajstić information content (AvgIpc) is 3.05. The Hall–Kier alpha value is -4.57. The minimum Gasteiger partial charge on any atom is -0.508 e. The van der Waals surface area contributed by atoms with E-state index in [1.54, 1.807) is 29.2 Å². The zero-order chi connectivity index (χ0) is 28.5. The summed E-state index contributed by atoms with van der Waals surface area (Å²) in [7, 11) is 0. The fourth-order valence-corrected chi connectivity index (χ4v) is 4.50. The lowest BCUT2D eigenvalue weighted by Crippen LogP contribution is -2.49. The molecule has 0 aromatic heterocycles. The summed E-state index contributed by atoms with van der Waals surface area (Å²) < 4.78 is 0. The summed E-state index contributed by atoms with van der Waals surface area (Å²) in [5.74, 6) is 0.371. The first-order valence-corrected chi connectivity index (χ1v) is 13.4. The van der Waals surface area contributed by atoms with Gasteiger partial charge in [0.15, 0.2) is 5.96 Å². The van der Waals surface area contributed by atoms with E-state index < -0.39 is 6.04 Å². The van der Waals surface area contributed by atoms with Crippen LogP contribution in [-0.4, -0.2) is 53.3 Å². The van der Waals surface area contributed by atoms with Gasteiger partial charge < -0.3 is 36.4 Å². The summed E-state index contributed by atoms with van der Waals surface area (Å²) in [5.41, 5.74) is 4.08. The molecule has 1 aliphatic rings. The van der Waals surface area contributed by atoms with Crippen molar-refractivity contribution in [3.05, 3.63) is 83.9 Å². The van der Waals surface area contributed by atoms with Crippen LogP contribution in [0.1, 0.15) is 31.4 Å². The van der Waals surface area contributed by atoms with Crippen LogP contribution in [0.5, 0.6) is 5.75 Å². The quantitative estimate of drug-likeness (QED) is 0.145. The normalized spacial score (nSPS) is 15.3. The van der Waals surface area contributed by atoms with Gasteiger partial charge in [-0.25, -0.2) is 4.79 Å². The standard InChI is InChI=1S/C30H36N6O4/c1-20(2)32-30(40)34-24-8-5-6-21(18-24)19-36-27-9-4-3-7-22(27)10-15-26(28(36)39)35-29(31-16-17-37)33-23-11-13-25(38)14-12-23/h3-9,11-14,18,20,26,37-38H,10,15-17,19H2,1-2H3,(H2,31,33,35)(H2,32,34,40). The second kappa shape index (κ2) is 13.5. The Bertz CT molecular complexity index is 1340. The number of phenolic OH excluding ortho intramolecular Hbond substituents is 1. The van der Waals surface area contributed by atoms with Crippen molar-refractivity contribution >= 4 is 35.0 Å². The highest BCUT2D eigenvalue weighted by molar-refractivity contribution is 6.03. The van der Waals surface area contributed by atoms with Gasteiger partial charge in [0.25, 0.3) is 0 Å². The van der Waals surface area contributed by atoms with E-state index in [2.05, 4.69) is 26.3 Å². The first kappa shape index (κ1) is 28.4. The number of nitrogens with zero attached hydrogens (tertiary/aromatic N) is 2. The number of aliphatic hydroxyl groups excluding tert-OH is 1. The zero-order valence-corrected chi connectivity index (χ0v) is 22.7. The van der Waals surface area contributed by atoms with Crippen LogP contribution in [0, 0.1) is 0 Å². The van der Waals surface area contributed by atoms with Gasteiger partial charge in [0.05, 0.1) is 19.7 Å². The monoisotopic (exact) mass is 544 g/mol. The van der Waals surface area contributed by atoms with Gasteiger partial charge in [-0.05, 0) is 80.3 Å². The molecule has 4 rings (SSSR count). The van der Waals surface area contributed by atoms with E-state index in [9.17, 15) is 19.8 Å². The molecule has 1 heterocycles. The van der Waals surface area contributed by atoms with E-state index in [1.165, 1.54) is 0 Å². The molecule has 0 radical (unpaired) electrons. The van der Waals surface area contributed by atoms with Crippen LogP contribution in [0.15, 0.2) is 77.8 Å². The number of carbonyl (C=O) groups excluding carboxylic acids is 2. The van der Waals surface area contributed by atoms with Gasteiger partial charge >= 0.3 is 6.03 Å². The van der Waals surface area contributed by atoms with Crippen LogP contribution in [0.3, 0.4) is 0 Å². The summed E-state index contributed by atoms with van der Waals surface area (Å²) in [5, 5.41) is 31.0. The Labute approximate surface area is 234 Å². The van der Waals surface area contributed by atoms with Crippen molar-refractivity contribution in [3.63, 3.8) is 0 Å². The number of aromatic hydroxyl groups is 1. The third kappa shape index (κ3) is 7.73. The second-order valence-corrected chi connectivity index (χ2v) is 9.87.